The van der Waals surface area contributed by atoms with Crippen LogP contribution < -0.4 is 0 Å². The van der Waals surface area contributed by atoms with E-state index in [1.165, 1.54) is 16.7 Å². The second kappa shape index (κ2) is 5.55. The average molecular weight is 257 g/mol. The highest BCUT2D eigenvalue weighted by Crippen LogP contribution is 2.23. The lowest BCUT2D eigenvalue weighted by Crippen LogP contribution is -1.89. The Bertz CT molecular complexity index is 527. The Kier molecular flexibility index (Phi) is 3.62. The van der Waals surface area contributed by atoms with Gasteiger partial charge in [0.15, 0.2) is 0 Å². The largest absolute Gasteiger partial charge is 0.372 e. The number of hydrogen-bond donors (Lipinski definition) is 0. The molecule has 0 unspecified atom stereocenters. The molecule has 92 valence electrons. The Balaban J connectivity index is 1.57. The molecule has 0 fully saturated rings. The topological polar surface area (TPSA) is 22.1 Å². The summed E-state index contributed by atoms with van der Waals surface area (Å²) in [4.78, 5) is 4.33. The Labute approximate surface area is 111 Å². The van der Waals surface area contributed by atoms with Crippen LogP contribution in [0, 0.1) is 0 Å². The lowest BCUT2D eigenvalue weighted by molar-refractivity contribution is 0.134. The van der Waals surface area contributed by atoms with Gasteiger partial charge >= 0.3 is 0 Å². The molecule has 2 aromatic rings. The van der Waals surface area contributed by atoms with Crippen molar-refractivity contribution in [1.29, 1.82) is 0 Å². The number of hydrogen-bond acceptors (Lipinski definition) is 3. The Hall–Kier alpha value is -1.32. The zero-order chi connectivity index (χ0) is 12.2. The van der Waals surface area contributed by atoms with E-state index < -0.39 is 0 Å². The SMILES string of the molecule is c1ccc(CSCc2ccc3c(c2)COC3)nc1. The van der Waals surface area contributed by atoms with Gasteiger partial charge in [-0.15, -0.1) is 0 Å². The first-order valence-electron chi connectivity index (χ1n) is 6.08. The summed E-state index contributed by atoms with van der Waals surface area (Å²) in [7, 11) is 0. The van der Waals surface area contributed by atoms with Crippen LogP contribution in [-0.4, -0.2) is 4.98 Å². The number of thioether (sulfide) groups is 1. The zero-order valence-electron chi connectivity index (χ0n) is 10.1. The zero-order valence-corrected chi connectivity index (χ0v) is 11.0. The highest BCUT2D eigenvalue weighted by Gasteiger charge is 2.10. The normalized spacial score (nSPS) is 13.6. The van der Waals surface area contributed by atoms with Crippen LogP contribution in [0.1, 0.15) is 22.4 Å². The quantitative estimate of drug-likeness (QED) is 0.836. The van der Waals surface area contributed by atoms with Crippen LogP contribution in [0.25, 0.3) is 0 Å². The summed E-state index contributed by atoms with van der Waals surface area (Å²) in [6.45, 7) is 1.55. The van der Waals surface area contributed by atoms with Crippen molar-refractivity contribution in [2.75, 3.05) is 0 Å². The molecule has 0 N–H and O–H groups in total. The Morgan fingerprint density at radius 1 is 1.06 bits per heavy atom. The molecule has 1 aliphatic heterocycles. The minimum Gasteiger partial charge on any atom is -0.372 e. The number of aromatic nitrogens is 1. The highest BCUT2D eigenvalue weighted by atomic mass is 32.2. The van der Waals surface area contributed by atoms with E-state index in [1.807, 2.05) is 30.1 Å². The summed E-state index contributed by atoms with van der Waals surface area (Å²) in [6.07, 6.45) is 1.85. The molecule has 0 amide bonds. The molecule has 1 aliphatic rings. The molecule has 2 nitrogen and oxygen atoms in total. The van der Waals surface area contributed by atoms with Crippen LogP contribution >= 0.6 is 11.8 Å². The van der Waals surface area contributed by atoms with Crippen molar-refractivity contribution < 1.29 is 4.74 Å². The summed E-state index contributed by atoms with van der Waals surface area (Å²) in [5.74, 6) is 2.00. The molecular weight excluding hydrogens is 242 g/mol. The predicted molar refractivity (Wildman–Crippen MR) is 74.2 cm³/mol. The molecule has 1 aromatic carbocycles. The maximum Gasteiger partial charge on any atom is 0.0725 e. The van der Waals surface area contributed by atoms with E-state index in [-0.39, 0.29) is 0 Å². The number of pyridine rings is 1. The third-order valence-corrected chi connectivity index (χ3v) is 4.07. The molecule has 1 aromatic heterocycles. The maximum atomic E-state index is 5.43. The molecule has 2 heterocycles. The predicted octanol–water partition coefficient (Wildman–Crippen LogP) is 3.55. The summed E-state index contributed by atoms with van der Waals surface area (Å²) in [5.41, 5.74) is 5.21. The van der Waals surface area contributed by atoms with Gasteiger partial charge in [0.05, 0.1) is 18.9 Å². The van der Waals surface area contributed by atoms with Crippen molar-refractivity contribution in [1.82, 2.24) is 4.98 Å². The fraction of sp³-hybridized carbons (Fsp3) is 0.267. The van der Waals surface area contributed by atoms with E-state index in [9.17, 15) is 0 Å². The molecular formula is C15H15NOS. The minimum absolute atomic E-state index is 0.772. The third kappa shape index (κ3) is 2.74. The minimum atomic E-state index is 0.772. The smallest absolute Gasteiger partial charge is 0.0725 e. The van der Waals surface area contributed by atoms with E-state index >= 15 is 0 Å². The number of rotatable bonds is 4. The molecule has 0 radical (unpaired) electrons. The summed E-state index contributed by atoms with van der Waals surface area (Å²) >= 11 is 1.90. The maximum absolute atomic E-state index is 5.43. The molecule has 0 saturated carbocycles. The van der Waals surface area contributed by atoms with Crippen LogP contribution in [0.5, 0.6) is 0 Å². The van der Waals surface area contributed by atoms with Crippen LogP contribution in [0.3, 0.4) is 0 Å². The van der Waals surface area contributed by atoms with Crippen molar-refractivity contribution in [3.05, 3.63) is 65.0 Å². The average Bonchev–Trinajstić information content (AvgIpc) is 2.87. The summed E-state index contributed by atoms with van der Waals surface area (Å²) < 4.78 is 5.43. The lowest BCUT2D eigenvalue weighted by Gasteiger charge is -2.04. The van der Waals surface area contributed by atoms with Gasteiger partial charge in [-0.1, -0.05) is 24.3 Å². The van der Waals surface area contributed by atoms with E-state index in [1.54, 1.807) is 0 Å². The Morgan fingerprint density at radius 2 is 2.00 bits per heavy atom. The number of ether oxygens (including phenoxy) is 1. The monoisotopic (exact) mass is 257 g/mol. The number of fused-ring (bicyclic) bond motifs is 1. The summed E-state index contributed by atoms with van der Waals surface area (Å²) in [5, 5.41) is 0. The first-order valence-corrected chi connectivity index (χ1v) is 7.23. The standard InChI is InChI=1S/C15H15NOS/c1-2-6-16-15(3-1)11-18-10-12-4-5-13-8-17-9-14(13)7-12/h1-7H,8-11H2. The van der Waals surface area contributed by atoms with Crippen LogP contribution in [0.15, 0.2) is 42.6 Å². The van der Waals surface area contributed by atoms with Gasteiger partial charge < -0.3 is 4.74 Å². The number of nitrogens with zero attached hydrogens (tertiary/aromatic N) is 1. The molecule has 0 spiro atoms. The first-order chi connectivity index (χ1) is 8.92. The van der Waals surface area contributed by atoms with Gasteiger partial charge in [0.1, 0.15) is 0 Å². The second-order valence-electron chi connectivity index (χ2n) is 4.41. The molecule has 0 atom stereocenters. The van der Waals surface area contributed by atoms with Gasteiger partial charge in [-0.3, -0.25) is 4.98 Å². The van der Waals surface area contributed by atoms with E-state index in [4.69, 9.17) is 4.74 Å². The summed E-state index contributed by atoms with van der Waals surface area (Å²) in [6, 6.07) is 12.7. The van der Waals surface area contributed by atoms with Crippen LogP contribution in [0.4, 0.5) is 0 Å². The van der Waals surface area contributed by atoms with Crippen molar-refractivity contribution >= 4 is 11.8 Å². The van der Waals surface area contributed by atoms with Crippen LogP contribution in [-0.2, 0) is 29.5 Å². The van der Waals surface area contributed by atoms with Gasteiger partial charge in [-0.25, -0.2) is 0 Å². The molecule has 0 bridgehead atoms. The van der Waals surface area contributed by atoms with Gasteiger partial charge in [0.2, 0.25) is 0 Å². The van der Waals surface area contributed by atoms with Crippen molar-refractivity contribution in [3.63, 3.8) is 0 Å². The van der Waals surface area contributed by atoms with Gasteiger partial charge in [0, 0.05) is 17.7 Å². The molecule has 3 rings (SSSR count). The molecule has 0 aliphatic carbocycles. The highest BCUT2D eigenvalue weighted by molar-refractivity contribution is 7.97. The van der Waals surface area contributed by atoms with Crippen molar-refractivity contribution in [2.45, 2.75) is 24.7 Å². The lowest BCUT2D eigenvalue weighted by atomic mass is 10.1. The van der Waals surface area contributed by atoms with Gasteiger partial charge in [0.25, 0.3) is 0 Å². The molecule has 0 saturated heterocycles. The fourth-order valence-corrected chi connectivity index (χ4v) is 2.97. The van der Waals surface area contributed by atoms with Crippen molar-refractivity contribution in [3.8, 4) is 0 Å². The second-order valence-corrected chi connectivity index (χ2v) is 5.40. The van der Waals surface area contributed by atoms with E-state index in [2.05, 4.69) is 29.2 Å². The van der Waals surface area contributed by atoms with E-state index in [0.717, 1.165) is 30.4 Å². The third-order valence-electron chi connectivity index (χ3n) is 3.03. The molecule has 3 heteroatoms. The van der Waals surface area contributed by atoms with Gasteiger partial charge in [-0.2, -0.15) is 11.8 Å². The molecule has 18 heavy (non-hydrogen) atoms. The Morgan fingerprint density at radius 3 is 2.89 bits per heavy atom. The fourth-order valence-electron chi connectivity index (χ4n) is 2.07. The van der Waals surface area contributed by atoms with Crippen LogP contribution in [0.2, 0.25) is 0 Å². The number of benzene rings is 1. The van der Waals surface area contributed by atoms with E-state index in [0.29, 0.717) is 0 Å². The first kappa shape index (κ1) is 11.8. The van der Waals surface area contributed by atoms with Gasteiger partial charge in [-0.05, 0) is 28.8 Å². The van der Waals surface area contributed by atoms with Crippen molar-refractivity contribution in [2.24, 2.45) is 0 Å².